The molecule has 0 saturated carbocycles. The molecule has 0 aliphatic carbocycles. The summed E-state index contributed by atoms with van der Waals surface area (Å²) in [5.74, 6) is 0. The third-order valence-electron chi connectivity index (χ3n) is 2.69. The minimum Gasteiger partial charge on any atom is -0.399 e. The summed E-state index contributed by atoms with van der Waals surface area (Å²) in [7, 11) is 0. The van der Waals surface area contributed by atoms with Crippen molar-refractivity contribution in [3.8, 4) is 0 Å². The lowest BCUT2D eigenvalue weighted by atomic mass is 10.1. The molecule has 2 rings (SSSR count). The van der Waals surface area contributed by atoms with Gasteiger partial charge < -0.3 is 15.8 Å². The normalized spacial score (nSPS) is 17.7. The van der Waals surface area contributed by atoms with E-state index in [9.17, 15) is 0 Å². The highest BCUT2D eigenvalue weighted by Gasteiger charge is 2.13. The molecule has 3 N–H and O–H groups in total. The Labute approximate surface area is 90.6 Å². The molecule has 1 aromatic rings. The van der Waals surface area contributed by atoms with Gasteiger partial charge in [-0.15, -0.1) is 0 Å². The molecule has 1 heterocycles. The molecule has 0 radical (unpaired) electrons. The highest BCUT2D eigenvalue weighted by atomic mass is 16.5. The summed E-state index contributed by atoms with van der Waals surface area (Å²) in [6, 6.07) is 6.63. The minimum atomic E-state index is 0.528. The third kappa shape index (κ3) is 2.86. The number of nitrogens with one attached hydrogen (secondary N) is 1. The van der Waals surface area contributed by atoms with Crippen LogP contribution >= 0.6 is 0 Å². The third-order valence-corrected chi connectivity index (χ3v) is 2.69. The van der Waals surface area contributed by atoms with Gasteiger partial charge in [0.25, 0.3) is 0 Å². The first-order valence-corrected chi connectivity index (χ1v) is 5.45. The number of benzene rings is 1. The Morgan fingerprint density at radius 3 is 2.67 bits per heavy atom. The zero-order valence-corrected chi connectivity index (χ0v) is 9.12. The molecule has 1 saturated heterocycles. The molecule has 1 aliphatic heterocycles. The van der Waals surface area contributed by atoms with Gasteiger partial charge in [0.2, 0.25) is 0 Å². The molecule has 0 unspecified atom stereocenters. The van der Waals surface area contributed by atoms with Crippen molar-refractivity contribution < 1.29 is 4.74 Å². The summed E-state index contributed by atoms with van der Waals surface area (Å²) in [6.07, 6.45) is 2.15. The fourth-order valence-corrected chi connectivity index (χ4v) is 1.97. The van der Waals surface area contributed by atoms with Crippen molar-refractivity contribution in [3.63, 3.8) is 0 Å². The zero-order valence-electron chi connectivity index (χ0n) is 9.12. The van der Waals surface area contributed by atoms with E-state index in [1.807, 2.05) is 12.1 Å². The molecular weight excluding hydrogens is 188 g/mol. The molecular formula is C12H18N2O. The van der Waals surface area contributed by atoms with Crippen LogP contribution in [0.2, 0.25) is 0 Å². The Bertz CT molecular complexity index is 312. The minimum absolute atomic E-state index is 0.528. The molecule has 0 aromatic heterocycles. The van der Waals surface area contributed by atoms with E-state index in [1.54, 1.807) is 0 Å². The Balaban J connectivity index is 2.02. The van der Waals surface area contributed by atoms with Crippen molar-refractivity contribution in [2.24, 2.45) is 0 Å². The second-order valence-corrected chi connectivity index (χ2v) is 4.16. The van der Waals surface area contributed by atoms with Crippen LogP contribution in [0.3, 0.4) is 0 Å². The Morgan fingerprint density at radius 2 is 2.00 bits per heavy atom. The molecule has 0 atom stereocenters. The van der Waals surface area contributed by atoms with Crippen molar-refractivity contribution >= 4 is 11.4 Å². The van der Waals surface area contributed by atoms with E-state index < -0.39 is 0 Å². The average molecular weight is 206 g/mol. The fraction of sp³-hybridized carbons (Fsp3) is 0.500. The highest BCUT2D eigenvalue weighted by molar-refractivity contribution is 5.57. The molecule has 1 fully saturated rings. The molecule has 0 spiro atoms. The predicted molar refractivity (Wildman–Crippen MR) is 63.1 cm³/mol. The monoisotopic (exact) mass is 206 g/mol. The number of hydrogen-bond donors (Lipinski definition) is 2. The van der Waals surface area contributed by atoms with Gasteiger partial charge in [0, 0.05) is 30.6 Å². The Morgan fingerprint density at radius 1 is 1.27 bits per heavy atom. The van der Waals surface area contributed by atoms with E-state index in [1.165, 1.54) is 5.56 Å². The van der Waals surface area contributed by atoms with Gasteiger partial charge in [-0.1, -0.05) is 0 Å². The van der Waals surface area contributed by atoms with Crippen molar-refractivity contribution in [1.82, 2.24) is 0 Å². The second-order valence-electron chi connectivity index (χ2n) is 4.16. The van der Waals surface area contributed by atoms with E-state index in [4.69, 9.17) is 10.5 Å². The summed E-state index contributed by atoms with van der Waals surface area (Å²) in [5, 5.41) is 3.50. The van der Waals surface area contributed by atoms with Gasteiger partial charge in [0.15, 0.2) is 0 Å². The molecule has 1 aromatic carbocycles. The first-order valence-electron chi connectivity index (χ1n) is 5.45. The van der Waals surface area contributed by atoms with Gasteiger partial charge >= 0.3 is 0 Å². The van der Waals surface area contributed by atoms with Crippen LogP contribution in [0.4, 0.5) is 11.4 Å². The Hall–Kier alpha value is -1.22. The van der Waals surface area contributed by atoms with Crippen LogP contribution in [-0.4, -0.2) is 19.3 Å². The number of ether oxygens (including phenoxy) is 1. The first-order chi connectivity index (χ1) is 7.24. The SMILES string of the molecule is Cc1cc(N)cc(NC2CCOCC2)c1. The van der Waals surface area contributed by atoms with Gasteiger partial charge in [0.05, 0.1) is 0 Å². The summed E-state index contributed by atoms with van der Waals surface area (Å²) in [5.41, 5.74) is 8.95. The standard InChI is InChI=1S/C12H18N2O/c1-9-6-10(13)8-12(7-9)14-11-2-4-15-5-3-11/h6-8,11,14H,2-5,13H2,1H3. The molecule has 0 amide bonds. The van der Waals surface area contributed by atoms with Gasteiger partial charge in [-0.2, -0.15) is 0 Å². The van der Waals surface area contributed by atoms with Gasteiger partial charge in [-0.3, -0.25) is 0 Å². The fourth-order valence-electron chi connectivity index (χ4n) is 1.97. The number of nitrogens with two attached hydrogens (primary N) is 1. The van der Waals surface area contributed by atoms with E-state index >= 15 is 0 Å². The average Bonchev–Trinajstić information content (AvgIpc) is 2.17. The van der Waals surface area contributed by atoms with Crippen molar-refractivity contribution in [2.75, 3.05) is 24.3 Å². The maximum atomic E-state index is 5.80. The maximum absolute atomic E-state index is 5.80. The summed E-state index contributed by atoms with van der Waals surface area (Å²) < 4.78 is 5.32. The van der Waals surface area contributed by atoms with Crippen LogP contribution in [0.1, 0.15) is 18.4 Å². The van der Waals surface area contributed by atoms with Crippen LogP contribution in [0, 0.1) is 6.92 Å². The lowest BCUT2D eigenvalue weighted by Crippen LogP contribution is -2.27. The lowest BCUT2D eigenvalue weighted by molar-refractivity contribution is 0.0904. The number of hydrogen-bond acceptors (Lipinski definition) is 3. The van der Waals surface area contributed by atoms with Gasteiger partial charge in [0.1, 0.15) is 0 Å². The molecule has 3 nitrogen and oxygen atoms in total. The maximum Gasteiger partial charge on any atom is 0.0485 e. The second kappa shape index (κ2) is 4.53. The number of aryl methyl sites for hydroxylation is 1. The van der Waals surface area contributed by atoms with Crippen LogP contribution in [0.15, 0.2) is 18.2 Å². The van der Waals surface area contributed by atoms with E-state index in [2.05, 4.69) is 18.3 Å². The zero-order chi connectivity index (χ0) is 10.7. The van der Waals surface area contributed by atoms with Crippen LogP contribution < -0.4 is 11.1 Å². The first kappa shape index (κ1) is 10.3. The number of anilines is 2. The smallest absolute Gasteiger partial charge is 0.0485 e. The van der Waals surface area contributed by atoms with Crippen LogP contribution in [-0.2, 0) is 4.74 Å². The van der Waals surface area contributed by atoms with E-state index in [0.29, 0.717) is 6.04 Å². The van der Waals surface area contributed by atoms with E-state index in [0.717, 1.165) is 37.4 Å². The summed E-state index contributed by atoms with van der Waals surface area (Å²) in [4.78, 5) is 0. The highest BCUT2D eigenvalue weighted by Crippen LogP contribution is 2.19. The van der Waals surface area contributed by atoms with Crippen molar-refractivity contribution in [1.29, 1.82) is 0 Å². The number of nitrogen functional groups attached to an aromatic ring is 1. The van der Waals surface area contributed by atoms with Crippen LogP contribution in [0.25, 0.3) is 0 Å². The topological polar surface area (TPSA) is 47.3 Å². The van der Waals surface area contributed by atoms with Crippen LogP contribution in [0.5, 0.6) is 0 Å². The van der Waals surface area contributed by atoms with Gasteiger partial charge in [-0.25, -0.2) is 0 Å². The largest absolute Gasteiger partial charge is 0.399 e. The number of rotatable bonds is 2. The van der Waals surface area contributed by atoms with E-state index in [-0.39, 0.29) is 0 Å². The molecule has 3 heteroatoms. The molecule has 82 valence electrons. The predicted octanol–water partition coefficient (Wildman–Crippen LogP) is 2.17. The molecule has 0 bridgehead atoms. The van der Waals surface area contributed by atoms with Crippen molar-refractivity contribution in [2.45, 2.75) is 25.8 Å². The Kier molecular flexibility index (Phi) is 3.11. The van der Waals surface area contributed by atoms with Gasteiger partial charge in [-0.05, 0) is 43.5 Å². The lowest BCUT2D eigenvalue weighted by Gasteiger charge is -2.24. The summed E-state index contributed by atoms with van der Waals surface area (Å²) >= 11 is 0. The molecule has 15 heavy (non-hydrogen) atoms. The van der Waals surface area contributed by atoms with Crippen molar-refractivity contribution in [3.05, 3.63) is 23.8 Å². The molecule has 1 aliphatic rings. The summed E-state index contributed by atoms with van der Waals surface area (Å²) in [6.45, 7) is 3.78. The quantitative estimate of drug-likeness (QED) is 0.729.